The Hall–Kier alpha value is -3.00. The molecule has 0 unspecified atom stereocenters. The summed E-state index contributed by atoms with van der Waals surface area (Å²) in [5.41, 5.74) is 2.57. The molecule has 3 aromatic rings. The van der Waals surface area contributed by atoms with E-state index in [1.165, 1.54) is 30.4 Å². The van der Waals surface area contributed by atoms with E-state index >= 15 is 0 Å². The van der Waals surface area contributed by atoms with Crippen LogP contribution in [-0.4, -0.2) is 56.5 Å². The highest BCUT2D eigenvalue weighted by atomic mass is 16.2. The molecule has 1 aliphatic rings. The summed E-state index contributed by atoms with van der Waals surface area (Å²) in [6.45, 7) is 9.23. The number of benzene rings is 1. The fourth-order valence-electron chi connectivity index (χ4n) is 4.70. The first-order valence-electron chi connectivity index (χ1n) is 12.1. The van der Waals surface area contributed by atoms with Gasteiger partial charge in [-0.05, 0) is 58.3 Å². The number of likely N-dealkylation sites (tertiary alicyclic amines) is 1. The highest BCUT2D eigenvalue weighted by Crippen LogP contribution is 2.21. The fourth-order valence-corrected chi connectivity index (χ4v) is 4.70. The van der Waals surface area contributed by atoms with Crippen molar-refractivity contribution in [2.24, 2.45) is 0 Å². The van der Waals surface area contributed by atoms with Crippen molar-refractivity contribution >= 4 is 16.8 Å². The molecule has 1 saturated heterocycles. The molecular formula is C25H34N6O2. The molecule has 1 N–H and O–H groups in total. The second kappa shape index (κ2) is 10.3. The average molecular weight is 451 g/mol. The van der Waals surface area contributed by atoms with E-state index in [4.69, 9.17) is 0 Å². The molecule has 0 bridgehead atoms. The molecule has 1 amide bonds. The van der Waals surface area contributed by atoms with Gasteiger partial charge in [0, 0.05) is 13.1 Å². The van der Waals surface area contributed by atoms with Crippen molar-refractivity contribution in [2.75, 3.05) is 26.2 Å². The van der Waals surface area contributed by atoms with Gasteiger partial charge in [0.25, 0.3) is 5.56 Å². The van der Waals surface area contributed by atoms with Crippen LogP contribution in [0.5, 0.6) is 0 Å². The number of carbonyl (C=O) groups excluding carboxylic acids is 1. The molecule has 0 spiro atoms. The Morgan fingerprint density at radius 2 is 1.76 bits per heavy atom. The van der Waals surface area contributed by atoms with Crippen LogP contribution in [0.25, 0.3) is 16.6 Å². The molecule has 33 heavy (non-hydrogen) atoms. The first-order valence-corrected chi connectivity index (χ1v) is 12.1. The molecule has 1 aliphatic heterocycles. The molecule has 0 aliphatic carbocycles. The van der Waals surface area contributed by atoms with Crippen LogP contribution in [0.15, 0.2) is 35.1 Å². The van der Waals surface area contributed by atoms with Gasteiger partial charge in [0.1, 0.15) is 11.6 Å². The van der Waals surface area contributed by atoms with Gasteiger partial charge >= 0.3 is 0 Å². The fraction of sp³-hybridized carbons (Fsp3) is 0.520. The number of fused-ring (bicyclic) bond motifs is 1. The standard InChI is InChI=1S/C25H34N6O2/c1-4-21(24(32)26-14-17-29-15-10-5-6-11-16-29)31-25(33)22-19(3)30(20-12-8-7-9-13-20)28-23(22)18(2)27-31/h7-9,12-13,21H,4-6,10-11,14-17H2,1-3H3,(H,26,32)/t21-/m0/s1. The summed E-state index contributed by atoms with van der Waals surface area (Å²) < 4.78 is 3.12. The van der Waals surface area contributed by atoms with Crippen LogP contribution in [0.4, 0.5) is 0 Å². The van der Waals surface area contributed by atoms with Crippen LogP contribution >= 0.6 is 0 Å². The van der Waals surface area contributed by atoms with Gasteiger partial charge < -0.3 is 10.2 Å². The van der Waals surface area contributed by atoms with Gasteiger partial charge in [0.05, 0.1) is 22.5 Å². The van der Waals surface area contributed by atoms with Crippen LogP contribution in [0.3, 0.4) is 0 Å². The second-order valence-electron chi connectivity index (χ2n) is 8.86. The molecule has 0 radical (unpaired) electrons. The zero-order valence-electron chi connectivity index (χ0n) is 19.9. The number of hydrogen-bond acceptors (Lipinski definition) is 5. The van der Waals surface area contributed by atoms with Crippen molar-refractivity contribution in [2.45, 2.75) is 58.9 Å². The van der Waals surface area contributed by atoms with Crippen molar-refractivity contribution in [3.8, 4) is 5.69 Å². The summed E-state index contributed by atoms with van der Waals surface area (Å²) in [6.07, 6.45) is 5.51. The zero-order chi connectivity index (χ0) is 23.4. The number of rotatable bonds is 7. The Labute approximate surface area is 194 Å². The van der Waals surface area contributed by atoms with Crippen molar-refractivity contribution in [3.63, 3.8) is 0 Å². The highest BCUT2D eigenvalue weighted by Gasteiger charge is 2.25. The van der Waals surface area contributed by atoms with E-state index in [1.54, 1.807) is 4.68 Å². The topological polar surface area (TPSA) is 85.1 Å². The van der Waals surface area contributed by atoms with Crippen molar-refractivity contribution in [1.29, 1.82) is 0 Å². The smallest absolute Gasteiger partial charge is 0.278 e. The lowest BCUT2D eigenvalue weighted by atomic mass is 10.2. The summed E-state index contributed by atoms with van der Waals surface area (Å²) in [5, 5.41) is 12.7. The number of aryl methyl sites for hydroxylation is 2. The van der Waals surface area contributed by atoms with E-state index in [-0.39, 0.29) is 11.5 Å². The van der Waals surface area contributed by atoms with Crippen LogP contribution in [0, 0.1) is 13.8 Å². The van der Waals surface area contributed by atoms with E-state index < -0.39 is 6.04 Å². The quantitative estimate of drug-likeness (QED) is 0.598. The van der Waals surface area contributed by atoms with E-state index in [1.807, 2.05) is 51.1 Å². The van der Waals surface area contributed by atoms with Gasteiger partial charge in [-0.3, -0.25) is 9.59 Å². The normalized spacial score (nSPS) is 16.0. The minimum absolute atomic E-state index is 0.159. The lowest BCUT2D eigenvalue weighted by Crippen LogP contribution is -2.41. The van der Waals surface area contributed by atoms with Crippen molar-refractivity contribution in [3.05, 3.63) is 52.1 Å². The molecular weight excluding hydrogens is 416 g/mol. The van der Waals surface area contributed by atoms with Crippen LogP contribution in [0.2, 0.25) is 0 Å². The number of nitrogens with one attached hydrogen (secondary N) is 1. The Balaban J connectivity index is 1.58. The van der Waals surface area contributed by atoms with E-state index in [2.05, 4.69) is 20.4 Å². The molecule has 176 valence electrons. The minimum Gasteiger partial charge on any atom is -0.353 e. The monoisotopic (exact) mass is 450 g/mol. The number of amides is 1. The van der Waals surface area contributed by atoms with Crippen LogP contribution < -0.4 is 10.9 Å². The third-order valence-corrected chi connectivity index (χ3v) is 6.55. The molecule has 3 heterocycles. The first kappa shape index (κ1) is 23.2. The molecule has 8 nitrogen and oxygen atoms in total. The molecule has 0 saturated carbocycles. The van der Waals surface area contributed by atoms with Gasteiger partial charge in [0.15, 0.2) is 0 Å². The van der Waals surface area contributed by atoms with Gasteiger partial charge in [-0.25, -0.2) is 9.36 Å². The molecule has 8 heteroatoms. The summed E-state index contributed by atoms with van der Waals surface area (Å²) in [5.74, 6) is -0.159. The zero-order valence-corrected chi connectivity index (χ0v) is 19.9. The van der Waals surface area contributed by atoms with E-state index in [0.29, 0.717) is 29.6 Å². The van der Waals surface area contributed by atoms with Gasteiger partial charge in [-0.15, -0.1) is 0 Å². The Bertz CT molecular complexity index is 1160. The van der Waals surface area contributed by atoms with Crippen molar-refractivity contribution in [1.82, 2.24) is 29.8 Å². The molecule has 1 atom stereocenters. The van der Waals surface area contributed by atoms with Gasteiger partial charge in [-0.1, -0.05) is 38.0 Å². The van der Waals surface area contributed by atoms with E-state index in [9.17, 15) is 9.59 Å². The average Bonchev–Trinajstić information content (AvgIpc) is 2.98. The summed E-state index contributed by atoms with van der Waals surface area (Å²) in [6, 6.07) is 9.07. The summed E-state index contributed by atoms with van der Waals surface area (Å²) in [7, 11) is 0. The van der Waals surface area contributed by atoms with E-state index in [0.717, 1.165) is 31.0 Å². The summed E-state index contributed by atoms with van der Waals surface area (Å²) >= 11 is 0. The maximum atomic E-state index is 13.5. The number of hydrogen-bond donors (Lipinski definition) is 1. The summed E-state index contributed by atoms with van der Waals surface area (Å²) in [4.78, 5) is 28.9. The molecule has 1 fully saturated rings. The number of aromatic nitrogens is 4. The second-order valence-corrected chi connectivity index (χ2v) is 8.86. The highest BCUT2D eigenvalue weighted by molar-refractivity contribution is 5.84. The predicted octanol–water partition coefficient (Wildman–Crippen LogP) is 3.14. The van der Waals surface area contributed by atoms with Crippen molar-refractivity contribution < 1.29 is 4.79 Å². The Morgan fingerprint density at radius 1 is 1.06 bits per heavy atom. The Kier molecular flexibility index (Phi) is 7.23. The maximum Gasteiger partial charge on any atom is 0.278 e. The lowest BCUT2D eigenvalue weighted by Gasteiger charge is -2.21. The predicted molar refractivity (Wildman–Crippen MR) is 130 cm³/mol. The number of carbonyl (C=O) groups is 1. The molecule has 1 aromatic carbocycles. The maximum absolute atomic E-state index is 13.5. The Morgan fingerprint density at radius 3 is 2.42 bits per heavy atom. The van der Waals surface area contributed by atoms with Gasteiger partial charge in [0.2, 0.25) is 5.91 Å². The molecule has 2 aromatic heterocycles. The number of nitrogens with zero attached hydrogens (tertiary/aromatic N) is 5. The largest absolute Gasteiger partial charge is 0.353 e. The lowest BCUT2D eigenvalue weighted by molar-refractivity contribution is -0.124. The third-order valence-electron chi connectivity index (χ3n) is 6.55. The number of para-hydroxylation sites is 1. The van der Waals surface area contributed by atoms with Gasteiger partial charge in [-0.2, -0.15) is 10.2 Å². The van der Waals surface area contributed by atoms with Crippen LogP contribution in [0.1, 0.15) is 56.5 Å². The third kappa shape index (κ3) is 4.85. The van der Waals surface area contributed by atoms with Crippen LogP contribution in [-0.2, 0) is 4.79 Å². The molecule has 4 rings (SSSR count). The minimum atomic E-state index is -0.649. The SMILES string of the molecule is CC[C@@H](C(=O)NCCN1CCCCCC1)n1nc(C)c2nn(-c3ccccc3)c(C)c2c1=O. The first-order chi connectivity index (χ1) is 16.0.